The van der Waals surface area contributed by atoms with Gasteiger partial charge in [-0.2, -0.15) is 4.80 Å². The summed E-state index contributed by atoms with van der Waals surface area (Å²) >= 11 is 0. The second-order valence-corrected chi connectivity index (χ2v) is 4.51. The van der Waals surface area contributed by atoms with Gasteiger partial charge in [-0.1, -0.05) is 13.0 Å². The fraction of sp³-hybridized carbons (Fsp3) is 0.538. The second kappa shape index (κ2) is 6.95. The van der Waals surface area contributed by atoms with Crippen molar-refractivity contribution in [2.45, 2.75) is 25.8 Å². The summed E-state index contributed by atoms with van der Waals surface area (Å²) in [5, 5.41) is 15.6. The number of hydrogen-bond donors (Lipinski definition) is 1. The number of tetrazole rings is 1. The summed E-state index contributed by atoms with van der Waals surface area (Å²) in [4.78, 5) is 5.71. The number of nitrogens with zero attached hydrogens (tertiary/aromatic N) is 5. The Hall–Kier alpha value is -2.02. The van der Waals surface area contributed by atoms with Gasteiger partial charge in [0.15, 0.2) is 5.82 Å². The van der Waals surface area contributed by atoms with Crippen molar-refractivity contribution in [3.05, 3.63) is 29.7 Å². The molecule has 108 valence electrons. The topological polar surface area (TPSA) is 77.8 Å². The summed E-state index contributed by atoms with van der Waals surface area (Å²) in [6.07, 6.45) is 3.42. The monoisotopic (exact) mass is 276 g/mol. The van der Waals surface area contributed by atoms with Crippen LogP contribution in [0.5, 0.6) is 5.88 Å². The van der Waals surface area contributed by atoms with E-state index in [-0.39, 0.29) is 6.04 Å². The smallest absolute Gasteiger partial charge is 0.217 e. The van der Waals surface area contributed by atoms with Gasteiger partial charge in [-0.25, -0.2) is 4.98 Å². The molecule has 0 saturated heterocycles. The average molecular weight is 276 g/mol. The predicted octanol–water partition coefficient (Wildman–Crippen LogP) is 0.897. The molecule has 0 aliphatic carbocycles. The molecule has 0 radical (unpaired) electrons. The van der Waals surface area contributed by atoms with Crippen LogP contribution in [0.1, 0.15) is 30.8 Å². The normalized spacial score (nSPS) is 12.3. The van der Waals surface area contributed by atoms with E-state index < -0.39 is 0 Å². The molecular weight excluding hydrogens is 256 g/mol. The number of aryl methyl sites for hydroxylation is 1. The molecule has 0 aliphatic rings. The number of pyridine rings is 1. The van der Waals surface area contributed by atoms with Gasteiger partial charge in [0.05, 0.1) is 14.2 Å². The SMILES string of the molecule is CCCNC(Cc1nnn(C)n1)c1cccnc1OC. The second-order valence-electron chi connectivity index (χ2n) is 4.51. The highest BCUT2D eigenvalue weighted by molar-refractivity contribution is 5.29. The lowest BCUT2D eigenvalue weighted by Gasteiger charge is -2.19. The summed E-state index contributed by atoms with van der Waals surface area (Å²) in [5.74, 6) is 1.33. The van der Waals surface area contributed by atoms with Crippen molar-refractivity contribution in [3.8, 4) is 5.88 Å². The van der Waals surface area contributed by atoms with Crippen molar-refractivity contribution < 1.29 is 4.74 Å². The molecule has 7 nitrogen and oxygen atoms in total. The number of ether oxygens (including phenoxy) is 1. The van der Waals surface area contributed by atoms with Gasteiger partial charge in [0.25, 0.3) is 0 Å². The summed E-state index contributed by atoms with van der Waals surface area (Å²) < 4.78 is 5.34. The van der Waals surface area contributed by atoms with Crippen LogP contribution in [0.25, 0.3) is 0 Å². The van der Waals surface area contributed by atoms with Crippen molar-refractivity contribution in [1.29, 1.82) is 0 Å². The van der Waals surface area contributed by atoms with Crippen molar-refractivity contribution >= 4 is 0 Å². The minimum atomic E-state index is 0.0581. The van der Waals surface area contributed by atoms with Crippen molar-refractivity contribution in [2.75, 3.05) is 13.7 Å². The van der Waals surface area contributed by atoms with E-state index >= 15 is 0 Å². The number of hydrogen-bond acceptors (Lipinski definition) is 6. The van der Waals surface area contributed by atoms with Crippen LogP contribution in [0.2, 0.25) is 0 Å². The molecule has 0 aromatic carbocycles. The third kappa shape index (κ3) is 3.51. The molecule has 2 heterocycles. The van der Waals surface area contributed by atoms with Gasteiger partial charge in [-0.15, -0.1) is 10.2 Å². The molecule has 0 aliphatic heterocycles. The Bertz CT molecular complexity index is 541. The minimum Gasteiger partial charge on any atom is -0.481 e. The molecule has 1 atom stereocenters. The lowest BCUT2D eigenvalue weighted by Crippen LogP contribution is -2.25. The number of methoxy groups -OCH3 is 1. The van der Waals surface area contributed by atoms with Crippen LogP contribution in [-0.2, 0) is 13.5 Å². The molecule has 0 fully saturated rings. The maximum absolute atomic E-state index is 5.34. The maximum Gasteiger partial charge on any atom is 0.217 e. The number of aromatic nitrogens is 5. The first-order chi connectivity index (χ1) is 9.74. The van der Waals surface area contributed by atoms with E-state index in [9.17, 15) is 0 Å². The quantitative estimate of drug-likeness (QED) is 0.809. The van der Waals surface area contributed by atoms with Gasteiger partial charge in [0, 0.05) is 24.2 Å². The maximum atomic E-state index is 5.34. The molecule has 0 bridgehead atoms. The first-order valence-electron chi connectivity index (χ1n) is 6.69. The van der Waals surface area contributed by atoms with Crippen LogP contribution < -0.4 is 10.1 Å². The van der Waals surface area contributed by atoms with Gasteiger partial charge in [-0.3, -0.25) is 0 Å². The molecule has 2 aromatic rings. The molecule has 2 rings (SSSR count). The van der Waals surface area contributed by atoms with Gasteiger partial charge in [0.1, 0.15) is 0 Å². The van der Waals surface area contributed by atoms with E-state index in [1.807, 2.05) is 12.1 Å². The molecular formula is C13H20N6O. The molecule has 20 heavy (non-hydrogen) atoms. The van der Waals surface area contributed by atoms with E-state index in [1.54, 1.807) is 20.4 Å². The van der Waals surface area contributed by atoms with Gasteiger partial charge < -0.3 is 10.1 Å². The van der Waals surface area contributed by atoms with Crippen LogP contribution in [0.4, 0.5) is 0 Å². The zero-order valence-corrected chi connectivity index (χ0v) is 12.1. The fourth-order valence-corrected chi connectivity index (χ4v) is 2.04. The first-order valence-corrected chi connectivity index (χ1v) is 6.69. The molecule has 2 aromatic heterocycles. The fourth-order valence-electron chi connectivity index (χ4n) is 2.04. The highest BCUT2D eigenvalue weighted by atomic mass is 16.5. The largest absolute Gasteiger partial charge is 0.481 e. The summed E-state index contributed by atoms with van der Waals surface area (Å²) in [5.41, 5.74) is 1.01. The molecule has 0 spiro atoms. The molecule has 0 saturated carbocycles. The zero-order chi connectivity index (χ0) is 14.4. The molecule has 0 amide bonds. The van der Waals surface area contributed by atoms with Crippen molar-refractivity contribution in [1.82, 2.24) is 30.5 Å². The highest BCUT2D eigenvalue weighted by Gasteiger charge is 2.19. The van der Waals surface area contributed by atoms with Crippen LogP contribution in [0, 0.1) is 0 Å². The first kappa shape index (κ1) is 14.4. The van der Waals surface area contributed by atoms with Gasteiger partial charge >= 0.3 is 0 Å². The van der Waals surface area contributed by atoms with Gasteiger partial charge in [-0.05, 0) is 24.2 Å². The van der Waals surface area contributed by atoms with E-state index in [0.717, 1.165) is 18.5 Å². The van der Waals surface area contributed by atoms with Crippen LogP contribution in [-0.4, -0.2) is 38.8 Å². The Morgan fingerprint density at radius 2 is 2.30 bits per heavy atom. The van der Waals surface area contributed by atoms with Crippen molar-refractivity contribution in [2.24, 2.45) is 7.05 Å². The Morgan fingerprint density at radius 1 is 1.45 bits per heavy atom. The zero-order valence-electron chi connectivity index (χ0n) is 12.1. The van der Waals surface area contributed by atoms with Crippen LogP contribution in [0.3, 0.4) is 0 Å². The van der Waals surface area contributed by atoms with E-state index in [2.05, 4.69) is 32.6 Å². The average Bonchev–Trinajstić information content (AvgIpc) is 2.88. The van der Waals surface area contributed by atoms with Gasteiger partial charge in [0.2, 0.25) is 5.88 Å². The molecule has 1 N–H and O–H groups in total. The third-order valence-corrected chi connectivity index (χ3v) is 2.95. The Morgan fingerprint density at radius 3 is 2.95 bits per heavy atom. The lowest BCUT2D eigenvalue weighted by atomic mass is 10.0. The third-order valence-electron chi connectivity index (χ3n) is 2.95. The number of nitrogens with one attached hydrogen (secondary N) is 1. The van der Waals surface area contributed by atoms with Crippen LogP contribution in [0.15, 0.2) is 18.3 Å². The Balaban J connectivity index is 2.22. The van der Waals surface area contributed by atoms with E-state index in [4.69, 9.17) is 4.74 Å². The summed E-state index contributed by atoms with van der Waals surface area (Å²) in [7, 11) is 3.39. The highest BCUT2D eigenvalue weighted by Crippen LogP contribution is 2.24. The standard InChI is InChI=1S/C13H20N6O/c1-4-7-14-11(9-12-16-18-19(2)17-12)10-6-5-8-15-13(10)20-3/h5-6,8,11,14H,4,7,9H2,1-3H3. The van der Waals surface area contributed by atoms with Crippen LogP contribution >= 0.6 is 0 Å². The van der Waals surface area contributed by atoms with E-state index in [0.29, 0.717) is 18.1 Å². The van der Waals surface area contributed by atoms with Crippen molar-refractivity contribution in [3.63, 3.8) is 0 Å². The molecule has 7 heteroatoms. The minimum absolute atomic E-state index is 0.0581. The van der Waals surface area contributed by atoms with E-state index in [1.165, 1.54) is 4.80 Å². The molecule has 1 unspecified atom stereocenters. The summed E-state index contributed by atoms with van der Waals surface area (Å²) in [6, 6.07) is 3.97. The number of rotatable bonds is 7. The summed E-state index contributed by atoms with van der Waals surface area (Å²) in [6.45, 7) is 3.04. The lowest BCUT2D eigenvalue weighted by molar-refractivity contribution is 0.381. The Labute approximate surface area is 118 Å². The predicted molar refractivity (Wildman–Crippen MR) is 74.3 cm³/mol. The Kier molecular flexibility index (Phi) is 5.00.